The molecule has 1 aliphatic heterocycles. The number of nitrogens with two attached hydrogens (primary N) is 1. The number of aldehydes is 1. The number of benzene rings is 2. The van der Waals surface area contributed by atoms with Crippen molar-refractivity contribution in [2.24, 2.45) is 5.73 Å². The second kappa shape index (κ2) is 16.7. The molecule has 0 aromatic heterocycles. The summed E-state index contributed by atoms with van der Waals surface area (Å²) in [5, 5.41) is 9.64. The van der Waals surface area contributed by atoms with Gasteiger partial charge >= 0.3 is 0 Å². The van der Waals surface area contributed by atoms with Crippen LogP contribution in [0.3, 0.4) is 0 Å². The standard InChI is InChI=1S/C15H23NO.C7H4ClFO.C2H6.CH5N/c1-12-13(2)15(17)8-7-14(12)11-16-9-5-3-4-6-10-16;8-6-3-5(4-10)1-2-7(6)9;2*1-2/h7-8,17H,3-6,9-11H2,1-2H3;1-4H;1-2H3;2H2,1H3. The molecule has 1 fully saturated rings. The number of carbonyl (C=O) groups excluding carboxylic acids is 1. The van der Waals surface area contributed by atoms with E-state index in [0.717, 1.165) is 18.2 Å². The van der Waals surface area contributed by atoms with Gasteiger partial charge in [-0.25, -0.2) is 4.39 Å². The molecule has 1 heterocycles. The van der Waals surface area contributed by atoms with E-state index in [2.05, 4.69) is 23.6 Å². The van der Waals surface area contributed by atoms with Gasteiger partial charge in [-0.2, -0.15) is 0 Å². The lowest BCUT2D eigenvalue weighted by Gasteiger charge is -2.21. The van der Waals surface area contributed by atoms with Gasteiger partial charge in [0.15, 0.2) is 0 Å². The molecule has 31 heavy (non-hydrogen) atoms. The number of hydrogen-bond donors (Lipinski definition) is 2. The van der Waals surface area contributed by atoms with Gasteiger partial charge in [0, 0.05) is 12.1 Å². The maximum atomic E-state index is 12.4. The molecule has 0 spiro atoms. The SMILES string of the molecule is CC.CN.Cc1c(O)ccc(CN2CCCCCC2)c1C.O=Cc1ccc(F)c(Cl)c1. The van der Waals surface area contributed by atoms with Crippen molar-refractivity contribution in [1.82, 2.24) is 4.90 Å². The van der Waals surface area contributed by atoms with Crippen molar-refractivity contribution in [2.45, 2.75) is 59.9 Å². The normalized spacial score (nSPS) is 13.3. The van der Waals surface area contributed by atoms with Gasteiger partial charge in [0.2, 0.25) is 0 Å². The number of phenols is 1. The topological polar surface area (TPSA) is 66.6 Å². The van der Waals surface area contributed by atoms with Crippen molar-refractivity contribution in [3.63, 3.8) is 0 Å². The Kier molecular flexibility index (Phi) is 15.7. The maximum absolute atomic E-state index is 12.4. The van der Waals surface area contributed by atoms with E-state index in [1.807, 2.05) is 26.8 Å². The molecule has 0 amide bonds. The summed E-state index contributed by atoms with van der Waals surface area (Å²) in [7, 11) is 1.50. The number of halogens is 2. The smallest absolute Gasteiger partial charge is 0.150 e. The van der Waals surface area contributed by atoms with Crippen LogP contribution in [0, 0.1) is 19.7 Å². The molecule has 2 aromatic rings. The molecule has 1 aliphatic rings. The third kappa shape index (κ3) is 10.3. The number of hydrogen-bond acceptors (Lipinski definition) is 4. The zero-order chi connectivity index (χ0) is 23.8. The van der Waals surface area contributed by atoms with E-state index in [1.165, 1.54) is 69.1 Å². The van der Waals surface area contributed by atoms with Crippen molar-refractivity contribution in [3.05, 3.63) is 63.4 Å². The van der Waals surface area contributed by atoms with Crippen molar-refractivity contribution in [2.75, 3.05) is 20.1 Å². The van der Waals surface area contributed by atoms with E-state index < -0.39 is 5.82 Å². The molecule has 0 saturated carbocycles. The van der Waals surface area contributed by atoms with E-state index >= 15 is 0 Å². The average Bonchev–Trinajstić information content (AvgIpc) is 3.08. The molecule has 0 radical (unpaired) electrons. The quantitative estimate of drug-likeness (QED) is 0.538. The first-order valence-electron chi connectivity index (χ1n) is 10.9. The third-order valence-corrected chi connectivity index (χ3v) is 5.33. The molecule has 0 bridgehead atoms. The number of rotatable bonds is 3. The first kappa shape index (κ1) is 29.1. The molecule has 6 heteroatoms. The second-order valence-corrected chi connectivity index (χ2v) is 7.38. The van der Waals surface area contributed by atoms with E-state index in [0.29, 0.717) is 17.6 Å². The minimum absolute atomic E-state index is 0.0235. The number of nitrogens with zero attached hydrogens (tertiary/aromatic N) is 1. The van der Waals surface area contributed by atoms with Crippen molar-refractivity contribution in [1.29, 1.82) is 0 Å². The number of likely N-dealkylation sites (tertiary alicyclic amines) is 1. The Hall–Kier alpha value is -1.95. The van der Waals surface area contributed by atoms with E-state index in [4.69, 9.17) is 11.6 Å². The summed E-state index contributed by atoms with van der Waals surface area (Å²) >= 11 is 5.36. The summed E-state index contributed by atoms with van der Waals surface area (Å²) in [5.41, 5.74) is 8.51. The highest BCUT2D eigenvalue weighted by Gasteiger charge is 2.12. The van der Waals surface area contributed by atoms with Gasteiger partial charge in [-0.1, -0.05) is 44.4 Å². The van der Waals surface area contributed by atoms with Crippen LogP contribution in [0.4, 0.5) is 4.39 Å². The lowest BCUT2D eigenvalue weighted by atomic mass is 10.0. The average molecular weight is 453 g/mol. The number of aromatic hydroxyl groups is 1. The van der Waals surface area contributed by atoms with Gasteiger partial charge in [-0.3, -0.25) is 9.69 Å². The fourth-order valence-corrected chi connectivity index (χ4v) is 3.34. The monoisotopic (exact) mass is 452 g/mol. The fourth-order valence-electron chi connectivity index (χ4n) is 3.15. The Morgan fingerprint density at radius 1 is 1.03 bits per heavy atom. The summed E-state index contributed by atoms with van der Waals surface area (Å²) in [5.74, 6) is -0.0885. The molecule has 0 atom stereocenters. The highest BCUT2D eigenvalue weighted by Crippen LogP contribution is 2.24. The van der Waals surface area contributed by atoms with Gasteiger partial charge in [0.25, 0.3) is 0 Å². The van der Waals surface area contributed by atoms with Gasteiger partial charge in [-0.15, -0.1) is 0 Å². The van der Waals surface area contributed by atoms with E-state index in [1.54, 1.807) is 0 Å². The highest BCUT2D eigenvalue weighted by atomic mass is 35.5. The van der Waals surface area contributed by atoms with Crippen molar-refractivity contribution in [3.8, 4) is 5.75 Å². The van der Waals surface area contributed by atoms with Crippen molar-refractivity contribution < 1.29 is 14.3 Å². The van der Waals surface area contributed by atoms with Crippen LogP contribution in [0.5, 0.6) is 5.75 Å². The molecule has 174 valence electrons. The fraction of sp³-hybridized carbons (Fsp3) is 0.480. The molecule has 0 aliphatic carbocycles. The van der Waals surface area contributed by atoms with E-state index in [9.17, 15) is 14.3 Å². The number of phenolic OH excluding ortho intramolecular Hbond substituents is 1. The Morgan fingerprint density at radius 3 is 2.13 bits per heavy atom. The Morgan fingerprint density at radius 2 is 1.61 bits per heavy atom. The van der Waals surface area contributed by atoms with Gasteiger partial charge in [-0.05, 0) is 87.8 Å². The molecule has 4 nitrogen and oxygen atoms in total. The highest BCUT2D eigenvalue weighted by molar-refractivity contribution is 6.31. The van der Waals surface area contributed by atoms with Crippen LogP contribution >= 0.6 is 11.6 Å². The van der Waals surface area contributed by atoms with Crippen LogP contribution in [-0.2, 0) is 6.54 Å². The lowest BCUT2D eigenvalue weighted by Crippen LogP contribution is -2.24. The second-order valence-electron chi connectivity index (χ2n) is 6.98. The molecule has 3 N–H and O–H groups in total. The molecule has 1 saturated heterocycles. The van der Waals surface area contributed by atoms with Gasteiger partial charge < -0.3 is 10.8 Å². The Bertz CT molecular complexity index is 776. The minimum Gasteiger partial charge on any atom is -0.508 e. The summed E-state index contributed by atoms with van der Waals surface area (Å²) in [6, 6.07) is 7.71. The minimum atomic E-state index is -0.507. The summed E-state index contributed by atoms with van der Waals surface area (Å²) in [6.07, 6.45) is 6.03. The van der Waals surface area contributed by atoms with Crippen LogP contribution < -0.4 is 5.73 Å². The van der Waals surface area contributed by atoms with Crippen molar-refractivity contribution >= 4 is 17.9 Å². The van der Waals surface area contributed by atoms with Gasteiger partial charge in [0.05, 0.1) is 5.02 Å². The van der Waals surface area contributed by atoms with Crippen LogP contribution in [-0.4, -0.2) is 36.4 Å². The summed E-state index contributed by atoms with van der Waals surface area (Å²) < 4.78 is 12.4. The molecular weight excluding hydrogens is 415 g/mol. The first-order valence-corrected chi connectivity index (χ1v) is 11.3. The molecule has 3 rings (SSSR count). The molecule has 0 unspecified atom stereocenters. The maximum Gasteiger partial charge on any atom is 0.150 e. The van der Waals surface area contributed by atoms with E-state index in [-0.39, 0.29) is 5.02 Å². The third-order valence-electron chi connectivity index (χ3n) is 5.04. The van der Waals surface area contributed by atoms with Crippen LogP contribution in [0.1, 0.15) is 66.6 Å². The van der Waals surface area contributed by atoms with Crippen LogP contribution in [0.25, 0.3) is 0 Å². The molecular formula is C25H38ClFN2O2. The largest absolute Gasteiger partial charge is 0.508 e. The number of carbonyl (C=O) groups is 1. The zero-order valence-corrected chi connectivity index (χ0v) is 20.3. The summed E-state index contributed by atoms with van der Waals surface area (Å²) in [6.45, 7) is 11.6. The first-order chi connectivity index (χ1) is 14.9. The lowest BCUT2D eigenvalue weighted by molar-refractivity contribution is 0.112. The summed E-state index contributed by atoms with van der Waals surface area (Å²) in [4.78, 5) is 12.6. The predicted octanol–water partition coefficient (Wildman–Crippen LogP) is 6.28. The Balaban J connectivity index is 0.000000549. The predicted molar refractivity (Wildman–Crippen MR) is 130 cm³/mol. The van der Waals surface area contributed by atoms with Gasteiger partial charge in [0.1, 0.15) is 17.9 Å². The zero-order valence-electron chi connectivity index (χ0n) is 19.5. The Labute approximate surface area is 192 Å². The van der Waals surface area contributed by atoms with Crippen LogP contribution in [0.2, 0.25) is 5.02 Å². The molecule has 2 aromatic carbocycles. The van der Waals surface area contributed by atoms with Crippen LogP contribution in [0.15, 0.2) is 30.3 Å².